The summed E-state index contributed by atoms with van der Waals surface area (Å²) in [5.41, 5.74) is 1.26. The van der Waals surface area contributed by atoms with Crippen molar-refractivity contribution < 1.29 is 9.59 Å². The molecule has 0 unspecified atom stereocenters. The van der Waals surface area contributed by atoms with Gasteiger partial charge in [-0.05, 0) is 30.3 Å². The first-order valence-corrected chi connectivity index (χ1v) is 12.1. The van der Waals surface area contributed by atoms with Crippen molar-refractivity contribution in [2.45, 2.75) is 23.9 Å². The lowest BCUT2D eigenvalue weighted by atomic mass is 9.56. The highest BCUT2D eigenvalue weighted by Crippen LogP contribution is 2.65. The molecule has 2 fully saturated rings. The lowest BCUT2D eigenvalue weighted by Crippen LogP contribution is -2.64. The summed E-state index contributed by atoms with van der Waals surface area (Å²) in [4.78, 5) is 30.5. The summed E-state index contributed by atoms with van der Waals surface area (Å²) in [5, 5.41) is 7.46. The first-order chi connectivity index (χ1) is 16.5. The number of amides is 1. The summed E-state index contributed by atoms with van der Waals surface area (Å²) in [7, 11) is 2.03. The maximum atomic E-state index is 14.3. The summed E-state index contributed by atoms with van der Waals surface area (Å²) in [6.45, 7) is 1.13. The van der Waals surface area contributed by atoms with Gasteiger partial charge in [-0.15, -0.1) is 0 Å². The van der Waals surface area contributed by atoms with Gasteiger partial charge in [0.1, 0.15) is 11.3 Å². The Hall–Kier alpha value is -2.99. The third kappa shape index (κ3) is 2.75. The number of likely N-dealkylation sites (tertiary alicyclic amines) is 1. The number of para-hydroxylation sites is 1. The van der Waals surface area contributed by atoms with Gasteiger partial charge in [-0.25, -0.2) is 0 Å². The van der Waals surface area contributed by atoms with Gasteiger partial charge in [0.25, 0.3) is 5.91 Å². The van der Waals surface area contributed by atoms with Crippen LogP contribution in [0.4, 0.5) is 5.69 Å². The zero-order chi connectivity index (χ0) is 23.5. The number of nitrogens with zero attached hydrogens (tertiary/aromatic N) is 1. The zero-order valence-corrected chi connectivity index (χ0v) is 19.7. The van der Waals surface area contributed by atoms with Gasteiger partial charge in [0.2, 0.25) is 0 Å². The van der Waals surface area contributed by atoms with Gasteiger partial charge < -0.3 is 10.2 Å². The molecule has 2 saturated heterocycles. The number of hydrogen-bond acceptors (Lipinski definition) is 4. The second-order valence-electron chi connectivity index (χ2n) is 9.66. The van der Waals surface area contributed by atoms with Crippen LogP contribution >= 0.6 is 11.6 Å². The van der Waals surface area contributed by atoms with Crippen molar-refractivity contribution in [3.8, 4) is 0 Å². The highest BCUT2D eigenvalue weighted by atomic mass is 35.5. The third-order valence-corrected chi connectivity index (χ3v) is 8.31. The first kappa shape index (κ1) is 21.5. The molecule has 3 aliphatic heterocycles. The van der Waals surface area contributed by atoms with E-state index in [1.165, 1.54) is 0 Å². The van der Waals surface area contributed by atoms with Crippen LogP contribution in [0, 0.1) is 5.41 Å². The summed E-state index contributed by atoms with van der Waals surface area (Å²) < 4.78 is 0. The molecule has 0 saturated carbocycles. The number of piperidine rings is 1. The van der Waals surface area contributed by atoms with Crippen LogP contribution in [0.2, 0.25) is 5.02 Å². The first-order valence-electron chi connectivity index (χ1n) is 11.7. The fourth-order valence-electron chi connectivity index (χ4n) is 6.62. The molecule has 172 valence electrons. The lowest BCUT2D eigenvalue weighted by molar-refractivity contribution is -0.145. The summed E-state index contributed by atoms with van der Waals surface area (Å²) >= 11 is 6.82. The molecule has 0 aliphatic carbocycles. The van der Waals surface area contributed by atoms with Crippen LogP contribution in [0.1, 0.15) is 35.1 Å². The molecule has 6 heteroatoms. The van der Waals surface area contributed by atoms with E-state index < -0.39 is 11.0 Å². The molecule has 3 aliphatic rings. The number of carbonyl (C=O) groups is 2. The number of fused-ring (bicyclic) bond motifs is 3. The maximum absolute atomic E-state index is 14.3. The highest BCUT2D eigenvalue weighted by Gasteiger charge is 2.74. The molecule has 0 radical (unpaired) electrons. The molecule has 3 aromatic rings. The second kappa shape index (κ2) is 7.77. The third-order valence-electron chi connectivity index (χ3n) is 7.96. The highest BCUT2D eigenvalue weighted by molar-refractivity contribution is 6.31. The van der Waals surface area contributed by atoms with E-state index in [-0.39, 0.29) is 23.7 Å². The molecule has 0 bridgehead atoms. The van der Waals surface area contributed by atoms with Crippen LogP contribution in [0.5, 0.6) is 0 Å². The molecule has 5 nitrogen and oxygen atoms in total. The Kier molecular flexibility index (Phi) is 4.92. The maximum Gasteiger partial charge on any atom is 0.250 e. The van der Waals surface area contributed by atoms with Crippen LogP contribution in [0.3, 0.4) is 0 Å². The predicted octanol–water partition coefficient (Wildman–Crippen LogP) is 4.51. The number of Topliss-reactive ketones (excluding diaryl/α,β-unsaturated/α-hetero) is 1. The van der Waals surface area contributed by atoms with Crippen LogP contribution < -0.4 is 10.6 Å². The number of ketones is 1. The number of hydrogen-bond donors (Lipinski definition) is 2. The number of halogens is 1. The van der Waals surface area contributed by atoms with Gasteiger partial charge in [-0.1, -0.05) is 78.3 Å². The average molecular weight is 472 g/mol. The van der Waals surface area contributed by atoms with E-state index >= 15 is 0 Å². The molecule has 3 heterocycles. The van der Waals surface area contributed by atoms with E-state index in [1.807, 2.05) is 73.8 Å². The summed E-state index contributed by atoms with van der Waals surface area (Å²) in [5.74, 6) is -0.406. The van der Waals surface area contributed by atoms with E-state index in [2.05, 4.69) is 27.7 Å². The second-order valence-corrected chi connectivity index (χ2v) is 10.1. The van der Waals surface area contributed by atoms with E-state index in [1.54, 1.807) is 0 Å². The van der Waals surface area contributed by atoms with Crippen molar-refractivity contribution in [3.63, 3.8) is 0 Å². The number of rotatable bonds is 2. The number of nitrogens with one attached hydrogen (secondary N) is 2. The van der Waals surface area contributed by atoms with E-state index in [0.717, 1.165) is 22.4 Å². The van der Waals surface area contributed by atoms with E-state index in [0.29, 0.717) is 24.5 Å². The summed E-state index contributed by atoms with van der Waals surface area (Å²) in [6.07, 6.45) is 0.387. The Morgan fingerprint density at radius 1 is 0.941 bits per heavy atom. The number of carbonyl (C=O) groups excluding carboxylic acids is 2. The molecular weight excluding hydrogens is 446 g/mol. The number of benzene rings is 3. The Morgan fingerprint density at radius 2 is 1.65 bits per heavy atom. The van der Waals surface area contributed by atoms with Crippen LogP contribution in [-0.4, -0.2) is 36.7 Å². The fourth-order valence-corrected chi connectivity index (χ4v) is 6.88. The molecule has 0 aromatic heterocycles. The molecule has 34 heavy (non-hydrogen) atoms. The van der Waals surface area contributed by atoms with Crippen molar-refractivity contribution in [1.29, 1.82) is 0 Å². The smallest absolute Gasteiger partial charge is 0.250 e. The SMILES string of the molecule is CN1CCC(=O)[C@]2(C1)[C@@H](c1ccccc1Cl)[C@H](c1ccccc1)N[C@@]21C(=O)Nc2ccccc21. The van der Waals surface area contributed by atoms with Crippen molar-refractivity contribution in [1.82, 2.24) is 10.2 Å². The minimum Gasteiger partial charge on any atom is -0.324 e. The Bertz CT molecular complexity index is 1300. The normalized spacial score (nSPS) is 30.6. The van der Waals surface area contributed by atoms with Gasteiger partial charge >= 0.3 is 0 Å². The molecule has 2 spiro atoms. The summed E-state index contributed by atoms with van der Waals surface area (Å²) in [6, 6.07) is 25.3. The van der Waals surface area contributed by atoms with Gasteiger partial charge in [-0.3, -0.25) is 14.9 Å². The zero-order valence-electron chi connectivity index (χ0n) is 18.9. The Labute approximate surface area is 204 Å². The van der Waals surface area contributed by atoms with Crippen LogP contribution in [0.15, 0.2) is 78.9 Å². The van der Waals surface area contributed by atoms with Crippen LogP contribution in [0.25, 0.3) is 0 Å². The Morgan fingerprint density at radius 3 is 2.44 bits per heavy atom. The van der Waals surface area contributed by atoms with Gasteiger partial charge in [0.15, 0.2) is 0 Å². The minimum atomic E-state index is -1.21. The van der Waals surface area contributed by atoms with Crippen molar-refractivity contribution >= 4 is 29.0 Å². The molecule has 4 atom stereocenters. The Balaban J connectivity index is 1.71. The monoisotopic (exact) mass is 471 g/mol. The molecular formula is C28H26ClN3O2. The molecule has 1 amide bonds. The van der Waals surface area contributed by atoms with Gasteiger partial charge in [0, 0.05) is 47.7 Å². The van der Waals surface area contributed by atoms with E-state index in [4.69, 9.17) is 11.6 Å². The predicted molar refractivity (Wildman–Crippen MR) is 133 cm³/mol. The van der Waals surface area contributed by atoms with E-state index in [9.17, 15) is 9.59 Å². The largest absolute Gasteiger partial charge is 0.324 e. The van der Waals surface area contributed by atoms with Crippen LogP contribution in [-0.2, 0) is 15.1 Å². The molecule has 6 rings (SSSR count). The quantitative estimate of drug-likeness (QED) is 0.577. The lowest BCUT2D eigenvalue weighted by Gasteiger charge is -2.48. The fraction of sp³-hybridized carbons (Fsp3) is 0.286. The molecule has 3 aromatic carbocycles. The minimum absolute atomic E-state index is 0.105. The van der Waals surface area contributed by atoms with Crippen molar-refractivity contribution in [3.05, 3.63) is 101 Å². The standard InChI is InChI=1S/C28H26ClN3O2/c1-32-16-15-23(33)27(17-32)24(19-11-5-7-13-21(19)29)25(18-9-3-2-4-10-18)31-28(27)20-12-6-8-14-22(20)30-26(28)34/h2-14,24-25,31H,15-17H2,1H3,(H,30,34)/t24-,25-,27+,28-/m0/s1. The topological polar surface area (TPSA) is 61.4 Å². The van der Waals surface area contributed by atoms with Gasteiger partial charge in [0.05, 0.1) is 5.41 Å². The number of anilines is 1. The van der Waals surface area contributed by atoms with Crippen molar-refractivity contribution in [2.75, 3.05) is 25.5 Å². The average Bonchev–Trinajstić information content (AvgIpc) is 3.31. The molecule has 2 N–H and O–H groups in total. The van der Waals surface area contributed by atoms with Gasteiger partial charge in [-0.2, -0.15) is 0 Å². The van der Waals surface area contributed by atoms with Crippen molar-refractivity contribution in [2.24, 2.45) is 5.41 Å².